The smallest absolute Gasteiger partial charge is 0.354 e. The average Bonchev–Trinajstić information content (AvgIpc) is 1.99. The summed E-state index contributed by atoms with van der Waals surface area (Å²) in [4.78, 5) is 39.2. The quantitative estimate of drug-likeness (QED) is 0.223. The number of cyclic esters (lactones) is 2. The van der Waals surface area contributed by atoms with E-state index in [9.17, 15) is 14.4 Å². The zero-order chi connectivity index (χ0) is 9.14. The average molecular weight is 172 g/mol. The van der Waals surface area contributed by atoms with Gasteiger partial charge in [-0.2, -0.15) is 4.79 Å². The summed E-state index contributed by atoms with van der Waals surface area (Å²) in [5.74, 6) is -1.86. The lowest BCUT2D eigenvalue weighted by atomic mass is 10.2. The second kappa shape index (κ2) is 3.04. The van der Waals surface area contributed by atoms with Crippen LogP contribution in [0.25, 0.3) is 0 Å². The van der Waals surface area contributed by atoms with Gasteiger partial charge < -0.3 is 4.74 Å². The molecule has 1 aliphatic rings. The van der Waals surface area contributed by atoms with E-state index in [0.717, 1.165) is 0 Å². The molecule has 6 nitrogen and oxygen atoms in total. The van der Waals surface area contributed by atoms with Crippen molar-refractivity contribution in [1.29, 1.82) is 0 Å². The van der Waals surface area contributed by atoms with E-state index < -0.39 is 18.1 Å². The van der Waals surface area contributed by atoms with Crippen LogP contribution in [-0.2, 0) is 24.1 Å². The SMILES string of the molecule is C=C1CC(=O)OOC(=O)OC1=O. The lowest BCUT2D eigenvalue weighted by Crippen LogP contribution is -2.22. The van der Waals surface area contributed by atoms with Gasteiger partial charge in [-0.05, 0) is 0 Å². The third kappa shape index (κ3) is 1.82. The second-order valence-electron chi connectivity index (χ2n) is 1.96. The lowest BCUT2D eigenvalue weighted by molar-refractivity contribution is -0.244. The van der Waals surface area contributed by atoms with Crippen molar-refractivity contribution in [2.75, 3.05) is 0 Å². The Hall–Kier alpha value is -1.85. The Morgan fingerprint density at radius 3 is 2.50 bits per heavy atom. The van der Waals surface area contributed by atoms with Gasteiger partial charge in [0.15, 0.2) is 0 Å². The topological polar surface area (TPSA) is 78.9 Å². The van der Waals surface area contributed by atoms with Crippen LogP contribution < -0.4 is 0 Å². The molecule has 12 heavy (non-hydrogen) atoms. The van der Waals surface area contributed by atoms with Crippen LogP contribution >= 0.6 is 0 Å². The van der Waals surface area contributed by atoms with Crippen molar-refractivity contribution in [3.63, 3.8) is 0 Å². The minimum Gasteiger partial charge on any atom is -0.354 e. The van der Waals surface area contributed by atoms with Crippen molar-refractivity contribution in [3.8, 4) is 0 Å². The molecule has 0 aromatic rings. The highest BCUT2D eigenvalue weighted by atomic mass is 17.2. The third-order valence-electron chi connectivity index (χ3n) is 1.03. The molecule has 0 aliphatic carbocycles. The number of ether oxygens (including phenoxy) is 1. The lowest BCUT2D eigenvalue weighted by Gasteiger charge is -2.07. The van der Waals surface area contributed by atoms with Crippen LogP contribution in [-0.4, -0.2) is 18.1 Å². The number of carbonyl (C=O) groups is 3. The summed E-state index contributed by atoms with van der Waals surface area (Å²) in [6.45, 7) is 3.20. The fraction of sp³-hybridized carbons (Fsp3) is 0.167. The number of carbonyl (C=O) groups excluding carboxylic acids is 3. The standard InChI is InChI=1S/C6H4O6/c1-3-2-4(7)11-12-6(9)10-5(3)8/h1-2H2. The zero-order valence-corrected chi connectivity index (χ0v) is 5.86. The first-order chi connectivity index (χ1) is 5.59. The van der Waals surface area contributed by atoms with E-state index in [-0.39, 0.29) is 12.0 Å². The molecule has 1 heterocycles. The van der Waals surface area contributed by atoms with Crippen molar-refractivity contribution in [1.82, 2.24) is 0 Å². The normalized spacial score (nSPS) is 18.7. The van der Waals surface area contributed by atoms with Crippen LogP contribution in [0.5, 0.6) is 0 Å². The molecule has 0 aromatic carbocycles. The maximum atomic E-state index is 10.7. The van der Waals surface area contributed by atoms with Crippen LogP contribution in [0.4, 0.5) is 4.79 Å². The second-order valence-corrected chi connectivity index (χ2v) is 1.96. The van der Waals surface area contributed by atoms with Gasteiger partial charge in [-0.25, -0.2) is 19.4 Å². The van der Waals surface area contributed by atoms with Gasteiger partial charge in [0.25, 0.3) is 0 Å². The Kier molecular flexibility index (Phi) is 2.09. The highest BCUT2D eigenvalue weighted by Crippen LogP contribution is 2.07. The molecule has 1 aliphatic heterocycles. The largest absolute Gasteiger partial charge is 0.558 e. The molecule has 0 bridgehead atoms. The summed E-state index contributed by atoms with van der Waals surface area (Å²) in [5.41, 5.74) is -0.156. The maximum Gasteiger partial charge on any atom is 0.558 e. The molecule has 0 radical (unpaired) electrons. The molecule has 0 amide bonds. The molecule has 64 valence electrons. The first kappa shape index (κ1) is 8.25. The van der Waals surface area contributed by atoms with E-state index in [1.54, 1.807) is 0 Å². The Morgan fingerprint density at radius 1 is 1.17 bits per heavy atom. The molecule has 0 atom stereocenters. The highest BCUT2D eigenvalue weighted by Gasteiger charge is 2.24. The minimum atomic E-state index is -1.38. The Morgan fingerprint density at radius 2 is 1.83 bits per heavy atom. The van der Waals surface area contributed by atoms with Gasteiger partial charge in [0, 0.05) is 5.57 Å². The molecule has 0 unspecified atom stereocenters. The van der Waals surface area contributed by atoms with Crippen molar-refractivity contribution in [2.45, 2.75) is 6.42 Å². The van der Waals surface area contributed by atoms with Crippen molar-refractivity contribution >= 4 is 18.1 Å². The summed E-state index contributed by atoms with van der Waals surface area (Å²) in [5, 5.41) is 0. The van der Waals surface area contributed by atoms with E-state index in [4.69, 9.17) is 0 Å². The molecule has 0 N–H and O–H groups in total. The van der Waals surface area contributed by atoms with Crippen molar-refractivity contribution in [2.24, 2.45) is 0 Å². The maximum absolute atomic E-state index is 10.7. The van der Waals surface area contributed by atoms with E-state index in [1.807, 2.05) is 0 Å². The summed E-state index contributed by atoms with van der Waals surface area (Å²) < 4.78 is 3.97. The molecular weight excluding hydrogens is 168 g/mol. The molecule has 0 saturated carbocycles. The summed E-state index contributed by atoms with van der Waals surface area (Å²) in [6.07, 6.45) is -1.74. The number of esters is 1. The number of rotatable bonds is 0. The van der Waals surface area contributed by atoms with Crippen LogP contribution in [0, 0.1) is 0 Å². The predicted octanol–water partition coefficient (Wildman–Crippen LogP) is 0.0843. The summed E-state index contributed by atoms with van der Waals surface area (Å²) in [7, 11) is 0. The highest BCUT2D eigenvalue weighted by molar-refractivity contribution is 5.98. The summed E-state index contributed by atoms with van der Waals surface area (Å²) >= 11 is 0. The first-order valence-corrected chi connectivity index (χ1v) is 2.91. The van der Waals surface area contributed by atoms with Crippen LogP contribution in [0.15, 0.2) is 12.2 Å². The Labute approximate surface area is 66.6 Å². The number of hydrogen-bond donors (Lipinski definition) is 0. The Bertz CT molecular complexity index is 237. The molecule has 1 saturated heterocycles. The van der Waals surface area contributed by atoms with Gasteiger partial charge in [0.1, 0.15) is 0 Å². The summed E-state index contributed by atoms with van der Waals surface area (Å²) in [6, 6.07) is 0. The minimum absolute atomic E-state index is 0.156. The zero-order valence-electron chi connectivity index (χ0n) is 5.86. The van der Waals surface area contributed by atoms with Gasteiger partial charge in [-0.1, -0.05) is 6.58 Å². The van der Waals surface area contributed by atoms with E-state index in [2.05, 4.69) is 21.1 Å². The molecule has 1 rings (SSSR count). The third-order valence-corrected chi connectivity index (χ3v) is 1.03. The fourth-order valence-corrected chi connectivity index (χ4v) is 0.521. The van der Waals surface area contributed by atoms with Gasteiger partial charge >= 0.3 is 18.1 Å². The molecule has 1 fully saturated rings. The monoisotopic (exact) mass is 172 g/mol. The fourth-order valence-electron chi connectivity index (χ4n) is 0.521. The van der Waals surface area contributed by atoms with Crippen molar-refractivity contribution in [3.05, 3.63) is 12.2 Å². The van der Waals surface area contributed by atoms with Gasteiger partial charge in [-0.15, -0.1) is 0 Å². The van der Waals surface area contributed by atoms with Gasteiger partial charge in [-0.3, -0.25) is 0 Å². The van der Waals surface area contributed by atoms with Gasteiger partial charge in [0.05, 0.1) is 6.42 Å². The molecule has 6 heteroatoms. The first-order valence-electron chi connectivity index (χ1n) is 2.91. The van der Waals surface area contributed by atoms with E-state index in [0.29, 0.717) is 0 Å². The molecule has 0 spiro atoms. The molecular formula is C6H4O6. The van der Waals surface area contributed by atoms with Crippen LogP contribution in [0.3, 0.4) is 0 Å². The van der Waals surface area contributed by atoms with Gasteiger partial charge in [0.2, 0.25) is 0 Å². The Balaban J connectivity index is 2.73. The van der Waals surface area contributed by atoms with Crippen LogP contribution in [0.1, 0.15) is 6.42 Å². The molecule has 0 aromatic heterocycles. The van der Waals surface area contributed by atoms with Crippen LogP contribution in [0.2, 0.25) is 0 Å². The van der Waals surface area contributed by atoms with E-state index in [1.165, 1.54) is 0 Å². The predicted molar refractivity (Wildman–Crippen MR) is 32.4 cm³/mol. The van der Waals surface area contributed by atoms with E-state index >= 15 is 0 Å². The number of hydrogen-bond acceptors (Lipinski definition) is 6. The van der Waals surface area contributed by atoms with Crippen molar-refractivity contribution < 1.29 is 28.9 Å².